The zero-order valence-corrected chi connectivity index (χ0v) is 14.6. The van der Waals surface area contributed by atoms with Gasteiger partial charge in [-0.2, -0.15) is 0 Å². The lowest BCUT2D eigenvalue weighted by Crippen LogP contribution is -2.44. The Bertz CT molecular complexity index is 696. The first-order valence-corrected chi connectivity index (χ1v) is 8.17. The zero-order chi connectivity index (χ0) is 18.8. The molecule has 1 heterocycles. The van der Waals surface area contributed by atoms with Gasteiger partial charge in [0.1, 0.15) is 0 Å². The van der Waals surface area contributed by atoms with Crippen LogP contribution in [0.15, 0.2) is 18.2 Å². The molecule has 136 valence electrons. The van der Waals surface area contributed by atoms with E-state index in [1.165, 1.54) is 11.0 Å². The summed E-state index contributed by atoms with van der Waals surface area (Å²) in [6, 6.07) is 4.18. The summed E-state index contributed by atoms with van der Waals surface area (Å²) < 4.78 is 0. The van der Waals surface area contributed by atoms with Crippen molar-refractivity contribution in [2.45, 2.75) is 39.0 Å². The van der Waals surface area contributed by atoms with Gasteiger partial charge in [0.2, 0.25) is 0 Å². The van der Waals surface area contributed by atoms with E-state index in [1.807, 2.05) is 20.8 Å². The Kier molecular flexibility index (Phi) is 5.30. The number of carbonyl (C=O) groups excluding carboxylic acids is 1. The normalized spacial score (nSPS) is 17.9. The summed E-state index contributed by atoms with van der Waals surface area (Å²) in [5.41, 5.74) is 0.459. The largest absolute Gasteiger partial charge is 0.481 e. The molecule has 1 atom stereocenters. The highest BCUT2D eigenvalue weighted by atomic mass is 16.6. The molecule has 1 aromatic carbocycles. The number of urea groups is 1. The minimum Gasteiger partial charge on any atom is -0.481 e. The van der Waals surface area contributed by atoms with Crippen LogP contribution in [-0.2, 0) is 10.2 Å². The second kappa shape index (κ2) is 7.08. The second-order valence-electron chi connectivity index (χ2n) is 7.29. The molecule has 2 N–H and O–H groups in total. The number of rotatable bonds is 3. The van der Waals surface area contributed by atoms with Crippen LogP contribution in [0.5, 0.6) is 0 Å². The quantitative estimate of drug-likeness (QED) is 0.642. The van der Waals surface area contributed by atoms with Gasteiger partial charge in [-0.3, -0.25) is 14.9 Å². The molecule has 0 aliphatic carbocycles. The number of anilines is 1. The first-order chi connectivity index (χ1) is 11.6. The van der Waals surface area contributed by atoms with E-state index in [1.54, 1.807) is 12.1 Å². The number of hydrogen-bond donors (Lipinski definition) is 2. The van der Waals surface area contributed by atoms with Crippen molar-refractivity contribution in [1.29, 1.82) is 0 Å². The number of nitrogens with zero attached hydrogens (tertiary/aromatic N) is 2. The van der Waals surface area contributed by atoms with E-state index < -0.39 is 28.3 Å². The number of hydrogen-bond acceptors (Lipinski definition) is 4. The maximum absolute atomic E-state index is 12.4. The molecule has 25 heavy (non-hydrogen) atoms. The van der Waals surface area contributed by atoms with Gasteiger partial charge in [-0.25, -0.2) is 4.79 Å². The van der Waals surface area contributed by atoms with Crippen LogP contribution in [-0.4, -0.2) is 40.0 Å². The molecule has 0 radical (unpaired) electrons. The van der Waals surface area contributed by atoms with E-state index in [0.717, 1.165) is 0 Å². The molecule has 2 rings (SSSR count). The third-order valence-corrected chi connectivity index (χ3v) is 4.31. The van der Waals surface area contributed by atoms with Gasteiger partial charge in [0, 0.05) is 30.4 Å². The van der Waals surface area contributed by atoms with Crippen molar-refractivity contribution in [2.24, 2.45) is 5.92 Å². The Labute approximate surface area is 146 Å². The molecule has 0 spiro atoms. The number of nitro groups is 1. The molecule has 1 aromatic rings. The highest BCUT2D eigenvalue weighted by molar-refractivity contribution is 5.90. The lowest BCUT2D eigenvalue weighted by Gasteiger charge is -2.30. The average molecular weight is 349 g/mol. The highest BCUT2D eigenvalue weighted by Gasteiger charge is 2.29. The van der Waals surface area contributed by atoms with Crippen molar-refractivity contribution >= 4 is 23.4 Å². The fourth-order valence-electron chi connectivity index (χ4n) is 2.96. The molecule has 1 aliphatic rings. The van der Waals surface area contributed by atoms with Crippen LogP contribution < -0.4 is 5.32 Å². The molecule has 0 aromatic heterocycles. The number of likely N-dealkylation sites (tertiary alicyclic amines) is 1. The molecular formula is C17H23N3O5. The topological polar surface area (TPSA) is 113 Å². The number of aliphatic carboxylic acids is 1. The van der Waals surface area contributed by atoms with E-state index in [4.69, 9.17) is 5.11 Å². The minimum atomic E-state index is -0.914. The van der Waals surface area contributed by atoms with E-state index in [0.29, 0.717) is 30.6 Å². The van der Waals surface area contributed by atoms with Crippen LogP contribution in [0.4, 0.5) is 16.2 Å². The number of amides is 2. The van der Waals surface area contributed by atoms with Crippen LogP contribution in [0.25, 0.3) is 0 Å². The third kappa shape index (κ3) is 4.46. The summed E-state index contributed by atoms with van der Waals surface area (Å²) in [5, 5.41) is 23.1. The molecule has 1 unspecified atom stereocenters. The van der Waals surface area contributed by atoms with Crippen molar-refractivity contribution in [3.05, 3.63) is 33.9 Å². The van der Waals surface area contributed by atoms with E-state index in [2.05, 4.69) is 5.32 Å². The fraction of sp³-hybridized carbons (Fsp3) is 0.529. The second-order valence-corrected chi connectivity index (χ2v) is 7.29. The number of nitrogens with one attached hydrogen (secondary N) is 1. The smallest absolute Gasteiger partial charge is 0.321 e. The van der Waals surface area contributed by atoms with Gasteiger partial charge < -0.3 is 15.3 Å². The van der Waals surface area contributed by atoms with Gasteiger partial charge >= 0.3 is 12.0 Å². The van der Waals surface area contributed by atoms with Crippen LogP contribution in [0.2, 0.25) is 0 Å². The molecular weight excluding hydrogens is 326 g/mol. The van der Waals surface area contributed by atoms with E-state index in [-0.39, 0.29) is 12.2 Å². The van der Waals surface area contributed by atoms with Crippen LogP contribution >= 0.6 is 0 Å². The molecule has 1 saturated heterocycles. The maximum atomic E-state index is 12.4. The molecule has 0 bridgehead atoms. The van der Waals surface area contributed by atoms with E-state index in [9.17, 15) is 19.7 Å². The van der Waals surface area contributed by atoms with Gasteiger partial charge in [-0.05, 0) is 30.4 Å². The zero-order valence-electron chi connectivity index (χ0n) is 14.6. The first kappa shape index (κ1) is 18.7. The van der Waals surface area contributed by atoms with Crippen molar-refractivity contribution in [1.82, 2.24) is 4.90 Å². The lowest BCUT2D eigenvalue weighted by atomic mass is 9.85. The number of nitro benzene ring substituents is 1. The molecule has 1 fully saturated rings. The Hall–Kier alpha value is -2.64. The maximum Gasteiger partial charge on any atom is 0.321 e. The Morgan fingerprint density at radius 2 is 2.04 bits per heavy atom. The number of carbonyl (C=O) groups is 2. The first-order valence-electron chi connectivity index (χ1n) is 8.17. The van der Waals surface area contributed by atoms with Crippen molar-refractivity contribution < 1.29 is 19.6 Å². The molecule has 8 nitrogen and oxygen atoms in total. The average Bonchev–Trinajstić information content (AvgIpc) is 2.53. The summed E-state index contributed by atoms with van der Waals surface area (Å²) in [7, 11) is 0. The fourth-order valence-corrected chi connectivity index (χ4v) is 2.96. The summed E-state index contributed by atoms with van der Waals surface area (Å²) in [5.74, 6) is -1.49. The van der Waals surface area contributed by atoms with Crippen LogP contribution in [0.1, 0.15) is 39.2 Å². The van der Waals surface area contributed by atoms with Crippen molar-refractivity contribution in [3.8, 4) is 0 Å². The number of carboxylic acid groups (broad SMARTS) is 1. The lowest BCUT2D eigenvalue weighted by molar-refractivity contribution is -0.385. The summed E-state index contributed by atoms with van der Waals surface area (Å²) in [4.78, 5) is 35.8. The predicted molar refractivity (Wildman–Crippen MR) is 92.7 cm³/mol. The predicted octanol–water partition coefficient (Wildman–Crippen LogP) is 3.22. The van der Waals surface area contributed by atoms with Gasteiger partial charge in [-0.1, -0.05) is 20.8 Å². The minimum absolute atomic E-state index is 0.0487. The standard InChI is InChI=1S/C17H23N3O5/c1-17(2,3)13-7-6-12(9-14(13)20(24)25)18-16(23)19-8-4-5-11(10-19)15(21)22/h6-7,9,11H,4-5,8,10H2,1-3H3,(H,18,23)(H,21,22). The molecule has 0 saturated carbocycles. The van der Waals surface area contributed by atoms with Gasteiger partial charge in [0.25, 0.3) is 5.69 Å². The number of benzene rings is 1. The van der Waals surface area contributed by atoms with Crippen molar-refractivity contribution in [2.75, 3.05) is 18.4 Å². The molecule has 2 amide bonds. The Morgan fingerprint density at radius 1 is 1.36 bits per heavy atom. The summed E-state index contributed by atoms with van der Waals surface area (Å²) in [6.45, 7) is 6.26. The number of piperidine rings is 1. The molecule has 8 heteroatoms. The van der Waals surface area contributed by atoms with Crippen LogP contribution in [0.3, 0.4) is 0 Å². The summed E-state index contributed by atoms with van der Waals surface area (Å²) in [6.07, 6.45) is 1.17. The van der Waals surface area contributed by atoms with E-state index >= 15 is 0 Å². The Morgan fingerprint density at radius 3 is 2.60 bits per heavy atom. The Balaban J connectivity index is 2.17. The number of carboxylic acids is 1. The monoisotopic (exact) mass is 349 g/mol. The molecule has 1 aliphatic heterocycles. The van der Waals surface area contributed by atoms with Crippen LogP contribution in [0, 0.1) is 16.0 Å². The SMILES string of the molecule is CC(C)(C)c1ccc(NC(=O)N2CCCC(C(=O)O)C2)cc1[N+](=O)[O-]. The third-order valence-electron chi connectivity index (χ3n) is 4.31. The summed E-state index contributed by atoms with van der Waals surface area (Å²) >= 11 is 0. The van der Waals surface area contributed by atoms with Crippen molar-refractivity contribution in [3.63, 3.8) is 0 Å². The van der Waals surface area contributed by atoms with Gasteiger partial charge in [0.15, 0.2) is 0 Å². The van der Waals surface area contributed by atoms with Gasteiger partial charge in [0.05, 0.1) is 10.8 Å². The van der Waals surface area contributed by atoms with Gasteiger partial charge in [-0.15, -0.1) is 0 Å². The highest BCUT2D eigenvalue weighted by Crippen LogP contribution is 2.33.